The van der Waals surface area contributed by atoms with Gasteiger partial charge in [-0.05, 0) is 45.9 Å². The molecular formula is C13H25N3O. The minimum Gasteiger partial charge on any atom is -0.378 e. The van der Waals surface area contributed by atoms with Crippen molar-refractivity contribution in [3.8, 4) is 0 Å². The number of morpholine rings is 1. The van der Waals surface area contributed by atoms with Crippen LogP contribution in [0.3, 0.4) is 0 Å². The molecule has 3 aliphatic heterocycles. The zero-order valence-corrected chi connectivity index (χ0v) is 11.0. The van der Waals surface area contributed by atoms with Crippen molar-refractivity contribution in [1.29, 1.82) is 0 Å². The van der Waals surface area contributed by atoms with E-state index in [2.05, 4.69) is 22.2 Å². The summed E-state index contributed by atoms with van der Waals surface area (Å²) in [6.07, 6.45) is 3.87. The molecule has 3 heterocycles. The number of rotatable bonds is 0. The van der Waals surface area contributed by atoms with E-state index in [9.17, 15) is 0 Å². The Bertz CT molecular complexity index is 263. The highest BCUT2D eigenvalue weighted by Crippen LogP contribution is 2.33. The van der Waals surface area contributed by atoms with Crippen molar-refractivity contribution in [2.24, 2.45) is 0 Å². The SMILES string of the molecule is CN1CCC2(CC1)CNCCC1COCCN12. The van der Waals surface area contributed by atoms with E-state index < -0.39 is 0 Å². The maximum Gasteiger partial charge on any atom is 0.0623 e. The second-order valence-electron chi connectivity index (χ2n) is 5.92. The van der Waals surface area contributed by atoms with E-state index in [0.29, 0.717) is 11.6 Å². The molecule has 0 aromatic carbocycles. The van der Waals surface area contributed by atoms with Crippen molar-refractivity contribution < 1.29 is 4.74 Å². The summed E-state index contributed by atoms with van der Waals surface area (Å²) in [5.41, 5.74) is 0.414. The Kier molecular flexibility index (Phi) is 3.39. The molecule has 0 bridgehead atoms. The molecule has 3 fully saturated rings. The first kappa shape index (κ1) is 11.9. The van der Waals surface area contributed by atoms with Crippen LogP contribution in [0.2, 0.25) is 0 Å². The molecule has 1 N–H and O–H groups in total. The van der Waals surface area contributed by atoms with E-state index in [0.717, 1.165) is 26.3 Å². The molecule has 0 amide bonds. The van der Waals surface area contributed by atoms with Gasteiger partial charge < -0.3 is 15.0 Å². The summed E-state index contributed by atoms with van der Waals surface area (Å²) in [6.45, 7) is 7.82. The predicted octanol–water partition coefficient (Wildman–Crippen LogP) is 0.145. The minimum absolute atomic E-state index is 0.414. The summed E-state index contributed by atoms with van der Waals surface area (Å²) < 4.78 is 5.67. The first-order valence-corrected chi connectivity index (χ1v) is 7.04. The van der Waals surface area contributed by atoms with Gasteiger partial charge in [-0.25, -0.2) is 0 Å². The van der Waals surface area contributed by atoms with E-state index in [1.54, 1.807) is 0 Å². The fraction of sp³-hybridized carbons (Fsp3) is 1.00. The lowest BCUT2D eigenvalue weighted by Gasteiger charge is -2.51. The molecule has 3 rings (SSSR count). The standard InChI is InChI=1S/C13H25N3O/c1-15-6-3-13(4-7-15)11-14-5-2-12-10-17-9-8-16(12)13/h12,14H,2-11H2,1H3. The summed E-state index contributed by atoms with van der Waals surface area (Å²) in [4.78, 5) is 5.25. The molecule has 0 aliphatic carbocycles. The monoisotopic (exact) mass is 239 g/mol. The molecular weight excluding hydrogens is 214 g/mol. The second-order valence-corrected chi connectivity index (χ2v) is 5.92. The van der Waals surface area contributed by atoms with Crippen molar-refractivity contribution in [2.75, 3.05) is 53.0 Å². The van der Waals surface area contributed by atoms with Gasteiger partial charge in [-0.15, -0.1) is 0 Å². The molecule has 0 aromatic rings. The molecule has 98 valence electrons. The molecule has 0 aromatic heterocycles. The largest absolute Gasteiger partial charge is 0.378 e. The molecule has 3 aliphatic rings. The minimum atomic E-state index is 0.414. The topological polar surface area (TPSA) is 27.7 Å². The van der Waals surface area contributed by atoms with Crippen LogP contribution in [0, 0.1) is 0 Å². The number of nitrogens with zero attached hydrogens (tertiary/aromatic N) is 2. The third kappa shape index (κ3) is 2.24. The van der Waals surface area contributed by atoms with Gasteiger partial charge in [0.2, 0.25) is 0 Å². The molecule has 0 saturated carbocycles. The Hall–Kier alpha value is -0.160. The Balaban J connectivity index is 1.79. The lowest BCUT2D eigenvalue weighted by atomic mass is 9.84. The van der Waals surface area contributed by atoms with Gasteiger partial charge in [0, 0.05) is 24.7 Å². The van der Waals surface area contributed by atoms with Gasteiger partial charge in [-0.2, -0.15) is 0 Å². The molecule has 0 radical (unpaired) electrons. The average Bonchev–Trinajstić information content (AvgIpc) is 2.54. The van der Waals surface area contributed by atoms with Crippen LogP contribution < -0.4 is 5.32 Å². The Morgan fingerprint density at radius 3 is 2.88 bits per heavy atom. The van der Waals surface area contributed by atoms with Crippen LogP contribution >= 0.6 is 0 Å². The van der Waals surface area contributed by atoms with Gasteiger partial charge in [-0.1, -0.05) is 0 Å². The molecule has 1 unspecified atom stereocenters. The third-order valence-electron chi connectivity index (χ3n) is 4.86. The number of fused-ring (bicyclic) bond motifs is 2. The van der Waals surface area contributed by atoms with Gasteiger partial charge in [0.05, 0.1) is 13.2 Å². The van der Waals surface area contributed by atoms with E-state index in [1.807, 2.05) is 0 Å². The zero-order valence-electron chi connectivity index (χ0n) is 11.0. The first-order valence-electron chi connectivity index (χ1n) is 7.04. The summed E-state index contributed by atoms with van der Waals surface area (Å²) in [5, 5.41) is 3.66. The fourth-order valence-electron chi connectivity index (χ4n) is 3.71. The van der Waals surface area contributed by atoms with Crippen molar-refractivity contribution >= 4 is 0 Å². The number of hydrogen-bond acceptors (Lipinski definition) is 4. The molecule has 3 saturated heterocycles. The zero-order chi connectivity index (χ0) is 11.7. The van der Waals surface area contributed by atoms with E-state index >= 15 is 0 Å². The normalized spacial score (nSPS) is 35.5. The number of hydrogen-bond donors (Lipinski definition) is 1. The quantitative estimate of drug-likeness (QED) is 0.651. The third-order valence-corrected chi connectivity index (χ3v) is 4.86. The highest BCUT2D eigenvalue weighted by Gasteiger charge is 2.44. The Labute approximate surface area is 104 Å². The van der Waals surface area contributed by atoms with Crippen LogP contribution in [0.1, 0.15) is 19.3 Å². The Morgan fingerprint density at radius 2 is 2.06 bits per heavy atom. The number of likely N-dealkylation sites (tertiary alicyclic amines) is 1. The first-order chi connectivity index (χ1) is 8.30. The summed E-state index contributed by atoms with van der Waals surface area (Å²) in [6, 6.07) is 0.655. The van der Waals surface area contributed by atoms with E-state index in [4.69, 9.17) is 4.74 Å². The van der Waals surface area contributed by atoms with Crippen molar-refractivity contribution in [3.63, 3.8) is 0 Å². The lowest BCUT2D eigenvalue weighted by Crippen LogP contribution is -2.63. The van der Waals surface area contributed by atoms with Crippen LogP contribution in [0.25, 0.3) is 0 Å². The maximum atomic E-state index is 5.67. The number of piperidine rings is 1. The fourth-order valence-corrected chi connectivity index (χ4v) is 3.71. The highest BCUT2D eigenvalue weighted by molar-refractivity contribution is 5.01. The molecule has 1 atom stereocenters. The number of nitrogens with one attached hydrogen (secondary N) is 1. The van der Waals surface area contributed by atoms with Crippen LogP contribution in [-0.4, -0.2) is 74.4 Å². The van der Waals surface area contributed by atoms with E-state index in [-0.39, 0.29) is 0 Å². The molecule has 4 heteroatoms. The van der Waals surface area contributed by atoms with Crippen molar-refractivity contribution in [3.05, 3.63) is 0 Å². The van der Waals surface area contributed by atoms with Crippen molar-refractivity contribution in [2.45, 2.75) is 30.8 Å². The van der Waals surface area contributed by atoms with Gasteiger partial charge in [-0.3, -0.25) is 4.90 Å². The Morgan fingerprint density at radius 1 is 1.24 bits per heavy atom. The predicted molar refractivity (Wildman–Crippen MR) is 68.3 cm³/mol. The van der Waals surface area contributed by atoms with Gasteiger partial charge in [0.1, 0.15) is 0 Å². The average molecular weight is 239 g/mol. The van der Waals surface area contributed by atoms with Crippen LogP contribution in [0.5, 0.6) is 0 Å². The van der Waals surface area contributed by atoms with Crippen LogP contribution in [0.4, 0.5) is 0 Å². The van der Waals surface area contributed by atoms with Gasteiger partial charge in [0.25, 0.3) is 0 Å². The van der Waals surface area contributed by atoms with Crippen LogP contribution in [-0.2, 0) is 4.74 Å². The smallest absolute Gasteiger partial charge is 0.0623 e. The second kappa shape index (κ2) is 4.84. The van der Waals surface area contributed by atoms with Crippen LogP contribution in [0.15, 0.2) is 0 Å². The van der Waals surface area contributed by atoms with Gasteiger partial charge in [0.15, 0.2) is 0 Å². The summed E-state index contributed by atoms with van der Waals surface area (Å²) in [7, 11) is 2.24. The van der Waals surface area contributed by atoms with E-state index in [1.165, 1.54) is 38.9 Å². The van der Waals surface area contributed by atoms with Crippen molar-refractivity contribution in [1.82, 2.24) is 15.1 Å². The molecule has 4 nitrogen and oxygen atoms in total. The highest BCUT2D eigenvalue weighted by atomic mass is 16.5. The maximum absolute atomic E-state index is 5.67. The number of ether oxygens (including phenoxy) is 1. The lowest BCUT2D eigenvalue weighted by molar-refractivity contribution is -0.0762. The summed E-state index contributed by atoms with van der Waals surface area (Å²) in [5.74, 6) is 0. The summed E-state index contributed by atoms with van der Waals surface area (Å²) >= 11 is 0. The molecule has 17 heavy (non-hydrogen) atoms. The van der Waals surface area contributed by atoms with Gasteiger partial charge >= 0.3 is 0 Å². The molecule has 1 spiro atoms.